The van der Waals surface area contributed by atoms with Gasteiger partial charge in [-0.2, -0.15) is 0 Å². The number of aliphatic hydroxyl groups excluding tert-OH is 1. The number of hydrogen-bond acceptors (Lipinski definition) is 5. The van der Waals surface area contributed by atoms with E-state index in [1.807, 2.05) is 43.3 Å². The number of aliphatic hydroxyl groups is 1. The lowest BCUT2D eigenvalue weighted by atomic mass is 10.2. The molecule has 3 aromatic rings. The Bertz CT molecular complexity index is 1010. The van der Waals surface area contributed by atoms with Crippen molar-refractivity contribution in [3.63, 3.8) is 0 Å². The first kappa shape index (κ1) is 17.0. The Hall–Kier alpha value is -3.48. The molecular formula is C20H20N4O3. The number of fused-ring (bicyclic) bond motifs is 1. The average molecular weight is 364 g/mol. The quantitative estimate of drug-likeness (QED) is 0.656. The Morgan fingerprint density at radius 3 is 2.41 bits per heavy atom. The van der Waals surface area contributed by atoms with Crippen molar-refractivity contribution >= 4 is 28.1 Å². The highest BCUT2D eigenvalue weighted by atomic mass is 16.5. The molecule has 138 valence electrons. The number of benzene rings is 2. The van der Waals surface area contributed by atoms with Crippen molar-refractivity contribution in [1.82, 2.24) is 9.97 Å². The van der Waals surface area contributed by atoms with Crippen molar-refractivity contribution in [2.24, 2.45) is 0 Å². The van der Waals surface area contributed by atoms with Crippen molar-refractivity contribution < 1.29 is 14.6 Å². The Balaban J connectivity index is 1.78. The predicted octanol–water partition coefficient (Wildman–Crippen LogP) is 3.74. The summed E-state index contributed by atoms with van der Waals surface area (Å²) in [6.45, 7) is 1.84. The second kappa shape index (κ2) is 6.35. The number of rotatable bonds is 4. The van der Waals surface area contributed by atoms with Gasteiger partial charge in [-0.05, 0) is 19.1 Å². The van der Waals surface area contributed by atoms with E-state index in [9.17, 15) is 5.11 Å². The SMILES string of the molecule is COc1cc(OC)cc(N2C(=N)C(c3nc4ccccc4[nH]3)=C(O)C2C)c1. The molecule has 2 heterocycles. The maximum atomic E-state index is 10.8. The van der Waals surface area contributed by atoms with Crippen LogP contribution < -0.4 is 14.4 Å². The smallest absolute Gasteiger partial charge is 0.145 e. The molecule has 1 unspecified atom stereocenters. The van der Waals surface area contributed by atoms with Crippen molar-refractivity contribution in [3.8, 4) is 11.5 Å². The Morgan fingerprint density at radius 1 is 1.11 bits per heavy atom. The van der Waals surface area contributed by atoms with Crippen LogP contribution in [0.5, 0.6) is 11.5 Å². The first-order chi connectivity index (χ1) is 13.0. The normalized spacial score (nSPS) is 17.1. The molecule has 0 saturated heterocycles. The van der Waals surface area contributed by atoms with E-state index in [2.05, 4.69) is 9.97 Å². The Morgan fingerprint density at radius 2 is 1.78 bits per heavy atom. The van der Waals surface area contributed by atoms with E-state index in [0.717, 1.165) is 11.0 Å². The summed E-state index contributed by atoms with van der Waals surface area (Å²) in [7, 11) is 3.15. The minimum atomic E-state index is -0.419. The number of aromatic nitrogens is 2. The molecule has 0 aliphatic carbocycles. The Labute approximate surface area is 156 Å². The fraction of sp³-hybridized carbons (Fsp3) is 0.200. The van der Waals surface area contributed by atoms with Crippen LogP contribution in [0.25, 0.3) is 16.6 Å². The van der Waals surface area contributed by atoms with Crippen LogP contribution in [0.1, 0.15) is 12.7 Å². The number of amidine groups is 1. The fourth-order valence-electron chi connectivity index (χ4n) is 3.36. The average Bonchev–Trinajstić information content (AvgIpc) is 3.19. The third-order valence-corrected chi connectivity index (χ3v) is 4.76. The second-order valence-corrected chi connectivity index (χ2v) is 6.33. The zero-order valence-electron chi connectivity index (χ0n) is 15.3. The zero-order valence-corrected chi connectivity index (χ0v) is 15.3. The van der Waals surface area contributed by atoms with Crippen LogP contribution in [-0.4, -0.2) is 41.2 Å². The molecule has 0 radical (unpaired) electrons. The third kappa shape index (κ3) is 2.68. The van der Waals surface area contributed by atoms with Gasteiger partial charge in [-0.1, -0.05) is 12.1 Å². The van der Waals surface area contributed by atoms with Gasteiger partial charge >= 0.3 is 0 Å². The molecule has 7 heteroatoms. The number of anilines is 1. The zero-order chi connectivity index (χ0) is 19.1. The van der Waals surface area contributed by atoms with Gasteiger partial charge in [0.2, 0.25) is 0 Å². The van der Waals surface area contributed by atoms with Crippen LogP contribution in [0, 0.1) is 5.41 Å². The van der Waals surface area contributed by atoms with Gasteiger partial charge in [-0.15, -0.1) is 0 Å². The molecule has 3 N–H and O–H groups in total. The second-order valence-electron chi connectivity index (χ2n) is 6.33. The molecule has 7 nitrogen and oxygen atoms in total. The van der Waals surface area contributed by atoms with Crippen molar-refractivity contribution in [1.29, 1.82) is 5.41 Å². The monoisotopic (exact) mass is 364 g/mol. The molecule has 0 saturated carbocycles. The maximum Gasteiger partial charge on any atom is 0.145 e. The highest BCUT2D eigenvalue weighted by molar-refractivity contribution is 6.31. The summed E-state index contributed by atoms with van der Waals surface area (Å²) in [5.41, 5.74) is 2.73. The van der Waals surface area contributed by atoms with Gasteiger partial charge in [-0.3, -0.25) is 5.41 Å². The van der Waals surface area contributed by atoms with Crippen LogP contribution in [-0.2, 0) is 0 Å². The van der Waals surface area contributed by atoms with E-state index < -0.39 is 6.04 Å². The molecule has 0 amide bonds. The highest BCUT2D eigenvalue weighted by Crippen LogP contribution is 2.38. The number of imidazole rings is 1. The number of nitrogens with zero attached hydrogens (tertiary/aromatic N) is 2. The van der Waals surface area contributed by atoms with Crippen molar-refractivity contribution in [2.75, 3.05) is 19.1 Å². The van der Waals surface area contributed by atoms with Gasteiger partial charge in [0.05, 0.1) is 42.6 Å². The van der Waals surface area contributed by atoms with Gasteiger partial charge in [0.1, 0.15) is 28.9 Å². The van der Waals surface area contributed by atoms with E-state index >= 15 is 0 Å². The maximum absolute atomic E-state index is 10.8. The van der Waals surface area contributed by atoms with Crippen LogP contribution in [0.15, 0.2) is 48.2 Å². The first-order valence-electron chi connectivity index (χ1n) is 8.53. The van der Waals surface area contributed by atoms with Gasteiger partial charge in [0.15, 0.2) is 0 Å². The van der Waals surface area contributed by atoms with E-state index in [-0.39, 0.29) is 11.6 Å². The number of H-pyrrole nitrogens is 1. The summed E-state index contributed by atoms with van der Waals surface area (Å²) in [6.07, 6.45) is 0. The number of nitrogens with one attached hydrogen (secondary N) is 2. The summed E-state index contributed by atoms with van der Waals surface area (Å²) < 4.78 is 10.7. The van der Waals surface area contributed by atoms with Gasteiger partial charge < -0.3 is 24.5 Å². The van der Waals surface area contributed by atoms with Crippen molar-refractivity contribution in [2.45, 2.75) is 13.0 Å². The van der Waals surface area contributed by atoms with Crippen LogP contribution in [0.2, 0.25) is 0 Å². The first-order valence-corrected chi connectivity index (χ1v) is 8.53. The van der Waals surface area contributed by atoms with Crippen molar-refractivity contribution in [3.05, 3.63) is 54.0 Å². The van der Waals surface area contributed by atoms with Crippen LogP contribution in [0.4, 0.5) is 5.69 Å². The molecule has 4 rings (SSSR count). The standard InChI is InChI=1S/C20H20N4O3/c1-11-18(25)17(20-22-15-6-4-5-7-16(15)23-20)19(21)24(11)12-8-13(26-2)10-14(9-12)27-3/h4-11,21,25H,1-3H3,(H,22,23). The minimum Gasteiger partial charge on any atom is -0.509 e. The predicted molar refractivity (Wildman–Crippen MR) is 105 cm³/mol. The van der Waals surface area contributed by atoms with Gasteiger partial charge in [-0.25, -0.2) is 4.98 Å². The summed E-state index contributed by atoms with van der Waals surface area (Å²) in [6, 6.07) is 12.6. The number of methoxy groups -OCH3 is 2. The summed E-state index contributed by atoms with van der Waals surface area (Å²) in [5.74, 6) is 1.96. The molecular weight excluding hydrogens is 344 g/mol. The molecule has 0 bridgehead atoms. The number of ether oxygens (including phenoxy) is 2. The largest absolute Gasteiger partial charge is 0.509 e. The van der Waals surface area contributed by atoms with E-state index in [1.54, 1.807) is 25.2 Å². The number of aromatic amines is 1. The van der Waals surface area contributed by atoms with E-state index in [4.69, 9.17) is 14.9 Å². The topological polar surface area (TPSA) is 94.5 Å². The third-order valence-electron chi connectivity index (χ3n) is 4.76. The van der Waals surface area contributed by atoms with Gasteiger partial charge in [0, 0.05) is 18.2 Å². The lowest BCUT2D eigenvalue weighted by molar-refractivity contribution is 0.382. The summed E-state index contributed by atoms with van der Waals surface area (Å²) in [4.78, 5) is 9.45. The Kier molecular flexibility index (Phi) is 3.99. The lowest BCUT2D eigenvalue weighted by Crippen LogP contribution is -2.33. The molecule has 1 aliphatic heterocycles. The minimum absolute atomic E-state index is 0.0980. The van der Waals surface area contributed by atoms with Crippen LogP contribution >= 0.6 is 0 Å². The molecule has 27 heavy (non-hydrogen) atoms. The molecule has 0 fully saturated rings. The number of hydrogen-bond donors (Lipinski definition) is 3. The van der Waals surface area contributed by atoms with E-state index in [0.29, 0.717) is 28.6 Å². The molecule has 0 spiro atoms. The summed E-state index contributed by atoms with van der Waals surface area (Å²) in [5, 5.41) is 19.5. The number of para-hydroxylation sites is 2. The highest BCUT2D eigenvalue weighted by Gasteiger charge is 2.37. The molecule has 1 atom stereocenters. The van der Waals surface area contributed by atoms with E-state index in [1.165, 1.54) is 0 Å². The lowest BCUT2D eigenvalue weighted by Gasteiger charge is -2.25. The molecule has 1 aromatic heterocycles. The fourth-order valence-corrected chi connectivity index (χ4v) is 3.36. The van der Waals surface area contributed by atoms with Gasteiger partial charge in [0.25, 0.3) is 0 Å². The molecule has 2 aromatic carbocycles. The van der Waals surface area contributed by atoms with Crippen LogP contribution in [0.3, 0.4) is 0 Å². The summed E-state index contributed by atoms with van der Waals surface area (Å²) >= 11 is 0. The molecule has 1 aliphatic rings.